The molecule has 0 aromatic rings. The van der Waals surface area contributed by atoms with Crippen molar-refractivity contribution in [1.82, 2.24) is 0 Å². The molecule has 0 saturated carbocycles. The average molecular weight is 1460 g/mol. The first-order valence-electron chi connectivity index (χ1n) is 28.5. The van der Waals surface area contributed by atoms with Crippen LogP contribution in [0.25, 0.3) is 0 Å². The van der Waals surface area contributed by atoms with Gasteiger partial charge in [-0.05, 0) is 78.1 Å². The van der Waals surface area contributed by atoms with Crippen molar-refractivity contribution in [2.24, 2.45) is 56.2 Å². The lowest BCUT2D eigenvalue weighted by Crippen LogP contribution is -2.33. The van der Waals surface area contributed by atoms with Crippen LogP contribution in [0, 0.1) is 56.2 Å². The van der Waals surface area contributed by atoms with E-state index < -0.39 is 119 Å². The van der Waals surface area contributed by atoms with E-state index in [1.165, 1.54) is 20.8 Å². The summed E-state index contributed by atoms with van der Waals surface area (Å²) < 4.78 is 353. The smallest absolute Gasteiger partial charge is 0.238 e. The Hall–Kier alpha value is -2.17. The first-order valence-corrected chi connectivity index (χ1v) is 28.5. The van der Waals surface area contributed by atoms with E-state index in [1.807, 2.05) is 0 Å². The number of rotatable bonds is 2. The van der Waals surface area contributed by atoms with E-state index in [9.17, 15) is 136 Å². The average Bonchev–Trinajstić information content (AvgIpc) is 3.12. The highest BCUT2D eigenvalue weighted by atomic mass is 19.4. The number of halogens is 31. The quantitative estimate of drug-likeness (QED) is 0.242. The molecule has 0 spiro atoms. The monoisotopic (exact) mass is 1450 g/mol. The molecule has 0 N–H and O–H groups in total. The van der Waals surface area contributed by atoms with Crippen LogP contribution >= 0.6 is 0 Å². The van der Waals surface area contributed by atoms with Crippen molar-refractivity contribution in [1.29, 1.82) is 0 Å². The molecule has 0 amide bonds. The Bertz CT molecular complexity index is 1280. The summed E-state index contributed by atoms with van der Waals surface area (Å²) in [7, 11) is 0. The summed E-state index contributed by atoms with van der Waals surface area (Å²) in [5.74, 6) is -0.736. The Morgan fingerprint density at radius 1 is 0.194 bits per heavy atom. The summed E-state index contributed by atoms with van der Waals surface area (Å²) in [5, 5.41) is 0. The molecular formula is C62H121F31. The lowest BCUT2D eigenvalue weighted by molar-refractivity contribution is -0.217. The molecule has 0 aromatic heterocycles. The second-order valence-corrected chi connectivity index (χ2v) is 31.4. The molecule has 31 heteroatoms. The van der Waals surface area contributed by atoms with Gasteiger partial charge >= 0.3 is 43.2 Å². The molecule has 0 saturated heterocycles. The second-order valence-electron chi connectivity index (χ2n) is 31.4. The van der Waals surface area contributed by atoms with Crippen LogP contribution in [0.5, 0.6) is 0 Å². The molecule has 93 heavy (non-hydrogen) atoms. The standard InChI is InChI=1S/3C5H9F3.C5H10F2.2C5H12.2C4H6F4.4C4H7F3.2C4H10/c3*1-4(2,3)5(6,7)8;1-5(2,3)4(6)7;2*1-5(2,3)4;2*1-3(2,5)4(6,7)8;2*1-4(2,7)3(5)6;2*1-3(2)4(5,6)7;2*1-4(2)3/h3*1-3H3;4H,1-3H3;2*1-4H3;2*1-2H3;4*3H,1-2H3;2*4H,1-3H3. The van der Waals surface area contributed by atoms with Gasteiger partial charge in [0.15, 0.2) is 22.7 Å². The van der Waals surface area contributed by atoms with Crippen LogP contribution in [-0.2, 0) is 0 Å². The molecule has 0 fully saturated rings. The predicted molar refractivity (Wildman–Crippen MR) is 320 cm³/mol. The lowest BCUT2D eigenvalue weighted by Gasteiger charge is -2.21. The van der Waals surface area contributed by atoms with Crippen molar-refractivity contribution < 1.29 is 136 Å². The largest absolute Gasteiger partial charge is 0.421 e. The second kappa shape index (κ2) is 48.6. The maximum Gasteiger partial charge on any atom is 0.421 e. The topological polar surface area (TPSA) is 0 Å². The van der Waals surface area contributed by atoms with E-state index in [0.29, 0.717) is 38.5 Å². The highest BCUT2D eigenvalue weighted by Crippen LogP contribution is 2.39. The molecule has 0 aliphatic rings. The Morgan fingerprint density at radius 2 is 0.247 bits per heavy atom. The molecule has 0 bridgehead atoms. The van der Waals surface area contributed by atoms with Gasteiger partial charge in [0, 0.05) is 17.3 Å². The zero-order chi connectivity index (χ0) is 81.5. The van der Waals surface area contributed by atoms with E-state index in [4.69, 9.17) is 0 Å². The molecule has 0 radical (unpaired) electrons. The summed E-state index contributed by atoms with van der Waals surface area (Å²) in [6.07, 6.45) is -37.6. The Kier molecular flexibility index (Phi) is 64.8. The van der Waals surface area contributed by atoms with Gasteiger partial charge in [0.05, 0.1) is 16.2 Å². The fourth-order valence-electron chi connectivity index (χ4n) is 0. The van der Waals surface area contributed by atoms with Crippen molar-refractivity contribution in [2.75, 3.05) is 0 Å². The highest BCUT2D eigenvalue weighted by Gasteiger charge is 2.49. The summed E-state index contributed by atoms with van der Waals surface area (Å²) in [4.78, 5) is 0. The third-order valence-corrected chi connectivity index (χ3v) is 6.90. The number of alkyl halides is 31. The fraction of sp³-hybridized carbons (Fsp3) is 1.00. The van der Waals surface area contributed by atoms with Crippen LogP contribution in [0.2, 0.25) is 0 Å². The molecule has 0 aromatic carbocycles. The van der Waals surface area contributed by atoms with Gasteiger partial charge in [-0.1, -0.05) is 208 Å². The summed E-state index contributed by atoms with van der Waals surface area (Å²) >= 11 is 0. The third-order valence-electron chi connectivity index (χ3n) is 6.90. The Balaban J connectivity index is -0.0000000605. The van der Waals surface area contributed by atoms with E-state index in [0.717, 1.165) is 130 Å². The fourth-order valence-corrected chi connectivity index (χ4v) is 0. The van der Waals surface area contributed by atoms with Gasteiger partial charge in [-0.2, -0.15) is 92.2 Å². The van der Waals surface area contributed by atoms with Gasteiger partial charge in [0.2, 0.25) is 6.43 Å². The highest BCUT2D eigenvalue weighted by molar-refractivity contribution is 4.76. The van der Waals surface area contributed by atoms with E-state index in [-0.39, 0.29) is 0 Å². The van der Waals surface area contributed by atoms with E-state index in [2.05, 4.69) is 96.9 Å². The van der Waals surface area contributed by atoms with Crippen molar-refractivity contribution in [3.63, 3.8) is 0 Å². The summed E-state index contributed by atoms with van der Waals surface area (Å²) in [6, 6.07) is 0. The molecule has 586 valence electrons. The van der Waals surface area contributed by atoms with Gasteiger partial charge in [-0.25, -0.2) is 43.9 Å². The van der Waals surface area contributed by atoms with Crippen molar-refractivity contribution in [2.45, 2.75) is 348 Å². The zero-order valence-corrected chi connectivity index (χ0v) is 62.3. The lowest BCUT2D eigenvalue weighted by atomic mass is 9.96. The van der Waals surface area contributed by atoms with Crippen LogP contribution in [-0.4, -0.2) is 85.2 Å². The first kappa shape index (κ1) is 124. The maximum atomic E-state index is 11.8. The van der Waals surface area contributed by atoms with Crippen LogP contribution in [0.15, 0.2) is 0 Å². The van der Waals surface area contributed by atoms with Crippen LogP contribution in [0.1, 0.15) is 263 Å². The van der Waals surface area contributed by atoms with Gasteiger partial charge in [-0.3, -0.25) is 0 Å². The van der Waals surface area contributed by atoms with Crippen molar-refractivity contribution in [3.05, 3.63) is 0 Å². The van der Waals surface area contributed by atoms with Crippen molar-refractivity contribution in [3.8, 4) is 0 Å². The maximum absolute atomic E-state index is 11.8. The molecule has 0 nitrogen and oxygen atoms in total. The Labute approximate surface area is 539 Å². The van der Waals surface area contributed by atoms with Crippen molar-refractivity contribution >= 4 is 0 Å². The zero-order valence-electron chi connectivity index (χ0n) is 62.3. The van der Waals surface area contributed by atoms with Gasteiger partial charge in [-0.15, -0.1) is 0 Å². The van der Waals surface area contributed by atoms with Gasteiger partial charge in [0.25, 0.3) is 12.9 Å². The van der Waals surface area contributed by atoms with E-state index in [1.54, 1.807) is 0 Å². The molecule has 0 atom stereocenters. The minimum absolute atomic E-state index is 0.479. The number of hydrogen-bond acceptors (Lipinski definition) is 0. The van der Waals surface area contributed by atoms with Gasteiger partial charge in [0.1, 0.15) is 0 Å². The first-order chi connectivity index (χ1) is 38.4. The molecule has 0 rings (SSSR count). The van der Waals surface area contributed by atoms with Gasteiger partial charge < -0.3 is 0 Å². The van der Waals surface area contributed by atoms with Crippen LogP contribution < -0.4 is 0 Å². The third kappa shape index (κ3) is 131. The van der Waals surface area contributed by atoms with Crippen LogP contribution in [0.4, 0.5) is 136 Å². The van der Waals surface area contributed by atoms with Crippen LogP contribution in [0.3, 0.4) is 0 Å². The van der Waals surface area contributed by atoms with E-state index >= 15 is 0 Å². The predicted octanol–water partition coefficient (Wildman–Crippen LogP) is 30.5. The normalized spacial score (nSPS) is 13.0. The Morgan fingerprint density at radius 3 is 0.247 bits per heavy atom. The molecule has 0 unspecified atom stereocenters. The summed E-state index contributed by atoms with van der Waals surface area (Å²) in [6.45, 7) is 55.1. The number of hydrogen-bond donors (Lipinski definition) is 0. The summed E-state index contributed by atoms with van der Waals surface area (Å²) in [5.41, 5.74) is -15.3. The SMILES string of the molecule is CC(C)(C)C.CC(C)(C)C.CC(C)(C)C(F)(F)F.CC(C)(C)C(F)(F)F.CC(C)(C)C(F)(F)F.CC(C)(C)C(F)F.CC(C)(F)C(F)(F)F.CC(C)(F)C(F)(F)F.CC(C)(F)C(F)F.CC(C)(F)C(F)F.CC(C)C.CC(C)C.CC(C)C(F)(F)F.CC(C)C(F)(F)F. The molecule has 0 aliphatic carbocycles. The molecule has 0 aliphatic heterocycles. The molecule has 0 heterocycles. The minimum Gasteiger partial charge on any atom is -0.238 e. The minimum atomic E-state index is -4.73. The molecular weight excluding hydrogens is 1330 g/mol.